The maximum absolute atomic E-state index is 13.9. The molecule has 3 aromatic rings. The van der Waals surface area contributed by atoms with Gasteiger partial charge in [0.1, 0.15) is 40.9 Å². The summed E-state index contributed by atoms with van der Waals surface area (Å²) in [6, 6.07) is 5.62. The van der Waals surface area contributed by atoms with Gasteiger partial charge < -0.3 is 34.4 Å². The zero-order valence-electron chi connectivity index (χ0n) is 37.8. The highest BCUT2D eigenvalue weighted by molar-refractivity contribution is 7.80. The summed E-state index contributed by atoms with van der Waals surface area (Å²) in [4.78, 5) is 74.6. The third-order valence-corrected chi connectivity index (χ3v) is 9.57. The molecule has 1 aliphatic heterocycles. The summed E-state index contributed by atoms with van der Waals surface area (Å²) >= 11 is 0.893. The normalized spacial score (nSPS) is 16.0. The highest BCUT2D eigenvalue weighted by atomic mass is 32.3. The average molecular weight is 938 g/mol. The summed E-state index contributed by atoms with van der Waals surface area (Å²) in [5.41, 5.74) is -2.86. The molecule has 2 aromatic heterocycles. The molecule has 1 aromatic carbocycles. The lowest BCUT2D eigenvalue weighted by Crippen LogP contribution is -2.76. The number of aromatic nitrogens is 3. The maximum Gasteiger partial charge on any atom is 0.418 e. The Morgan fingerprint density at radius 3 is 2.14 bits per heavy atom. The maximum atomic E-state index is 13.9. The Hall–Kier alpha value is -5.85. The first-order chi connectivity index (χ1) is 29.4. The molecule has 4 N–H and O–H groups in total. The van der Waals surface area contributed by atoms with Crippen LogP contribution in [0.15, 0.2) is 47.2 Å². The van der Waals surface area contributed by atoms with Gasteiger partial charge in [-0.15, -0.1) is 20.3 Å². The zero-order chi connectivity index (χ0) is 48.0. The van der Waals surface area contributed by atoms with Crippen molar-refractivity contribution < 1.29 is 69.7 Å². The number of ether oxygens (including phenoxy) is 4. The first-order valence-corrected chi connectivity index (χ1v) is 22.2. The number of nitrogens with zero attached hydrogens (tertiary/aromatic N) is 5. The van der Waals surface area contributed by atoms with Crippen molar-refractivity contribution in [3.63, 3.8) is 0 Å². The van der Waals surface area contributed by atoms with Crippen molar-refractivity contribution in [2.45, 2.75) is 124 Å². The number of hydroxylamine groups is 2. The second kappa shape index (κ2) is 19.9. The second-order valence-electron chi connectivity index (χ2n) is 18.0. The molecule has 64 heavy (non-hydrogen) atoms. The number of rotatable bonds is 17. The van der Waals surface area contributed by atoms with E-state index in [4.69, 9.17) is 28.3 Å². The van der Waals surface area contributed by atoms with Crippen molar-refractivity contribution in [1.29, 1.82) is 0 Å². The highest BCUT2D eigenvalue weighted by Crippen LogP contribution is 2.33. The fourth-order valence-corrected chi connectivity index (χ4v) is 6.81. The molecular formula is C40H57N8O14S2+. The van der Waals surface area contributed by atoms with Crippen LogP contribution in [0.25, 0.3) is 11.1 Å². The highest BCUT2D eigenvalue weighted by Gasteiger charge is 2.58. The summed E-state index contributed by atoms with van der Waals surface area (Å²) in [6.07, 6.45) is 1.69. The van der Waals surface area contributed by atoms with Crippen LogP contribution in [0.4, 0.5) is 14.7 Å². The quantitative estimate of drug-likeness (QED) is 0.0217. The Labute approximate surface area is 375 Å². The lowest BCUT2D eigenvalue weighted by atomic mass is 9.84. The molecule has 2 atom stereocenters. The van der Waals surface area contributed by atoms with Gasteiger partial charge in [0.2, 0.25) is 6.20 Å². The number of anilines is 1. The molecule has 2 unspecified atom stereocenters. The number of carbonyl (C=O) groups is 5. The number of nitrogens with one attached hydrogen (secondary N) is 3. The van der Waals surface area contributed by atoms with E-state index in [-0.39, 0.29) is 10.8 Å². The SMILES string of the molecule is C[n+]1cc(-c2ccc(OCC(O/N=C(/C(=O)NC3C(=O)N(OS(=O)(=O)O)C3(C)C)c3csc(NC(=O)OC(C)(C)C)n3)C(=O)OC(C)(C)C)cc2)cn1CCCNC(=O)OC(C)(C)C. The molecule has 3 heterocycles. The molecule has 4 amide bonds. The Bertz CT molecular complexity index is 2320. The molecule has 0 radical (unpaired) electrons. The van der Waals surface area contributed by atoms with Crippen molar-refractivity contribution in [2.75, 3.05) is 18.5 Å². The molecule has 24 heteroatoms. The smallest absolute Gasteiger partial charge is 0.418 e. The molecule has 0 bridgehead atoms. The molecule has 22 nitrogen and oxygen atoms in total. The number of β-lactam (4-membered cyclic amide) rings is 1. The van der Waals surface area contributed by atoms with Crippen molar-refractivity contribution in [2.24, 2.45) is 12.2 Å². The Morgan fingerprint density at radius 1 is 0.953 bits per heavy atom. The van der Waals surface area contributed by atoms with Gasteiger partial charge in [-0.3, -0.25) is 19.5 Å². The van der Waals surface area contributed by atoms with Gasteiger partial charge in [0.05, 0.1) is 23.8 Å². The van der Waals surface area contributed by atoms with Crippen LogP contribution >= 0.6 is 11.3 Å². The van der Waals surface area contributed by atoms with E-state index in [1.54, 1.807) is 74.4 Å². The van der Waals surface area contributed by atoms with Gasteiger partial charge in [-0.25, -0.2) is 19.4 Å². The number of oxime groups is 1. The Balaban J connectivity index is 1.53. The monoisotopic (exact) mass is 937 g/mol. The summed E-state index contributed by atoms with van der Waals surface area (Å²) < 4.78 is 62.2. The molecule has 0 saturated carbocycles. The molecule has 1 aliphatic rings. The van der Waals surface area contributed by atoms with Gasteiger partial charge in [-0.05, 0) is 100 Å². The molecular weight excluding hydrogens is 881 g/mol. The minimum absolute atomic E-state index is 0.00841. The third kappa shape index (κ3) is 15.2. The van der Waals surface area contributed by atoms with Crippen LogP contribution in [0, 0.1) is 0 Å². The number of hydrogen-bond donors (Lipinski definition) is 4. The van der Waals surface area contributed by atoms with Crippen LogP contribution < -0.4 is 25.4 Å². The molecule has 0 spiro atoms. The summed E-state index contributed by atoms with van der Waals surface area (Å²) in [5, 5.41) is 13.3. The van der Waals surface area contributed by atoms with Crippen LogP contribution in [0.3, 0.4) is 0 Å². The number of alkyl carbamates (subject to hydrolysis) is 1. The van der Waals surface area contributed by atoms with Gasteiger partial charge in [-0.1, -0.05) is 17.3 Å². The van der Waals surface area contributed by atoms with Crippen LogP contribution in [-0.4, -0.2) is 111 Å². The van der Waals surface area contributed by atoms with Gasteiger partial charge in [0, 0.05) is 11.9 Å². The predicted octanol–water partition coefficient (Wildman–Crippen LogP) is 4.05. The van der Waals surface area contributed by atoms with Crippen LogP contribution in [0.5, 0.6) is 5.75 Å². The minimum Gasteiger partial charge on any atom is -0.489 e. The van der Waals surface area contributed by atoms with Crippen LogP contribution in [-0.2, 0) is 61.7 Å². The first-order valence-electron chi connectivity index (χ1n) is 19.9. The van der Waals surface area contributed by atoms with E-state index in [1.165, 1.54) is 19.2 Å². The van der Waals surface area contributed by atoms with E-state index in [0.717, 1.165) is 22.5 Å². The van der Waals surface area contributed by atoms with E-state index >= 15 is 0 Å². The van der Waals surface area contributed by atoms with E-state index < -0.39 is 87.2 Å². The second-order valence-corrected chi connectivity index (χ2v) is 19.9. The third-order valence-electron chi connectivity index (χ3n) is 8.47. The van der Waals surface area contributed by atoms with Gasteiger partial charge in [0.25, 0.3) is 17.9 Å². The molecule has 0 aliphatic carbocycles. The number of thiazole rings is 1. The number of benzene rings is 1. The van der Waals surface area contributed by atoms with E-state index in [0.29, 0.717) is 30.3 Å². The topological polar surface area (TPSA) is 268 Å². The predicted molar refractivity (Wildman–Crippen MR) is 230 cm³/mol. The van der Waals surface area contributed by atoms with Crippen molar-refractivity contribution in [3.05, 3.63) is 47.7 Å². The van der Waals surface area contributed by atoms with E-state index in [1.807, 2.05) is 40.9 Å². The Morgan fingerprint density at radius 2 is 1.56 bits per heavy atom. The summed E-state index contributed by atoms with van der Waals surface area (Å²) in [6.45, 7) is 18.6. The standard InChI is InChI=1S/C40H56N8O14S2/c1-37(2,3)58-33(51)28(22-57-26-16-14-24(15-17-26)25-20-46(12)47(21-25)19-13-18-41-35(52)59-38(4,5)6)61-45-29(27-23-63-34(42-27)44-36(53)60-39(7,8)9)31(49)43-30-32(50)48(40(30,10)11)62-64(54,55)56/h14-17,20-21,23,28,30H,13,18-19,22H2,1-12H3,(H3-,41,42,43,44,49,52,53,54,55,56)/p+1/b45-29+. The Kier molecular flexibility index (Phi) is 15.8. The molecule has 1 fully saturated rings. The molecule has 4 rings (SSSR count). The van der Waals surface area contributed by atoms with Gasteiger partial charge in [0.15, 0.2) is 17.9 Å². The average Bonchev–Trinajstić information content (AvgIpc) is 3.75. The number of hydrogen-bond acceptors (Lipinski definition) is 16. The van der Waals surface area contributed by atoms with Crippen molar-refractivity contribution >= 4 is 62.5 Å². The van der Waals surface area contributed by atoms with Crippen LogP contribution in [0.1, 0.15) is 88.3 Å². The fourth-order valence-electron chi connectivity index (χ4n) is 5.67. The summed E-state index contributed by atoms with van der Waals surface area (Å²) in [7, 11) is -3.19. The number of amides is 4. The van der Waals surface area contributed by atoms with Crippen molar-refractivity contribution in [1.82, 2.24) is 25.4 Å². The van der Waals surface area contributed by atoms with Gasteiger partial charge >= 0.3 is 28.6 Å². The lowest BCUT2D eigenvalue weighted by molar-refractivity contribution is -0.753. The van der Waals surface area contributed by atoms with E-state index in [9.17, 15) is 32.4 Å². The molecule has 1 saturated heterocycles. The van der Waals surface area contributed by atoms with Crippen LogP contribution in [0.2, 0.25) is 0 Å². The van der Waals surface area contributed by atoms with E-state index in [2.05, 4.69) is 30.4 Å². The largest absolute Gasteiger partial charge is 0.489 e. The molecule has 352 valence electrons. The fraction of sp³-hybridized carbons (Fsp3) is 0.550. The summed E-state index contributed by atoms with van der Waals surface area (Å²) in [5.74, 6) is -2.64. The number of esters is 1. The zero-order valence-corrected chi connectivity index (χ0v) is 39.5. The van der Waals surface area contributed by atoms with Gasteiger partial charge in [-0.2, -0.15) is 18.2 Å². The van der Waals surface area contributed by atoms with Crippen molar-refractivity contribution in [3.8, 4) is 16.9 Å². The lowest BCUT2D eigenvalue weighted by Gasteiger charge is -2.50. The first kappa shape index (κ1) is 50.8. The number of aryl methyl sites for hydroxylation is 2. The minimum atomic E-state index is -5.08. The number of carbonyl (C=O) groups excluding carboxylic acids is 5.